The molecule has 4 aromatic rings. The van der Waals surface area contributed by atoms with E-state index in [1.54, 1.807) is 48.5 Å². The lowest BCUT2D eigenvalue weighted by atomic mass is 10.1. The van der Waals surface area contributed by atoms with Gasteiger partial charge < -0.3 is 16.0 Å². The van der Waals surface area contributed by atoms with E-state index in [1.165, 1.54) is 24.3 Å². The van der Waals surface area contributed by atoms with Crippen LogP contribution >= 0.6 is 0 Å². The lowest BCUT2D eigenvalue weighted by Gasteiger charge is -2.12. The Morgan fingerprint density at radius 3 is 2.15 bits per heavy atom. The van der Waals surface area contributed by atoms with Crippen LogP contribution in [0.25, 0.3) is 10.8 Å². The molecule has 5 N–H and O–H groups in total. The van der Waals surface area contributed by atoms with Crippen molar-refractivity contribution < 1.29 is 14.4 Å². The maximum absolute atomic E-state index is 12.7. The molecule has 0 aliphatic carbocycles. The normalized spacial score (nSPS) is 10.5. The summed E-state index contributed by atoms with van der Waals surface area (Å²) in [7, 11) is 0. The third-order valence-electron chi connectivity index (χ3n) is 4.97. The molecule has 0 unspecified atom stereocenters. The van der Waals surface area contributed by atoms with E-state index in [4.69, 9.17) is 0 Å². The summed E-state index contributed by atoms with van der Waals surface area (Å²) in [6, 6.07) is 19.4. The summed E-state index contributed by atoms with van der Waals surface area (Å²) in [5.41, 5.74) is -0.0480. The number of aromatic nitrogens is 2. The predicted octanol–water partition coefficient (Wildman–Crippen LogP) is 1.84. The molecule has 170 valence electrons. The Labute approximate surface area is 192 Å². The maximum Gasteiger partial charge on any atom is 0.272 e. The number of amides is 3. The summed E-state index contributed by atoms with van der Waals surface area (Å²) in [4.78, 5) is 61.7. The molecule has 0 bridgehead atoms. The van der Waals surface area contributed by atoms with Crippen LogP contribution in [-0.4, -0.2) is 34.5 Å². The smallest absolute Gasteiger partial charge is 0.272 e. The van der Waals surface area contributed by atoms with E-state index < -0.39 is 29.5 Å². The molecule has 1 heterocycles. The third-order valence-corrected chi connectivity index (χ3v) is 4.97. The van der Waals surface area contributed by atoms with Crippen LogP contribution in [0.15, 0.2) is 82.4 Å². The second-order valence-corrected chi connectivity index (χ2v) is 7.23. The average Bonchev–Trinajstić information content (AvgIpc) is 2.86. The molecular formula is C24H19N5O5. The first-order valence-electron chi connectivity index (χ1n) is 10.2. The van der Waals surface area contributed by atoms with Gasteiger partial charge in [-0.05, 0) is 36.4 Å². The highest BCUT2D eigenvalue weighted by molar-refractivity contribution is 6.10. The van der Waals surface area contributed by atoms with Crippen LogP contribution < -0.4 is 27.1 Å². The topological polar surface area (TPSA) is 153 Å². The highest BCUT2D eigenvalue weighted by atomic mass is 16.2. The zero-order chi connectivity index (χ0) is 24.1. The first-order chi connectivity index (χ1) is 16.4. The maximum atomic E-state index is 12.7. The monoisotopic (exact) mass is 457 g/mol. The molecule has 0 spiro atoms. The Morgan fingerprint density at radius 2 is 1.35 bits per heavy atom. The quantitative estimate of drug-likeness (QED) is 0.299. The van der Waals surface area contributed by atoms with Crippen molar-refractivity contribution >= 4 is 39.9 Å². The number of hydrogen-bond donors (Lipinski definition) is 5. The Hall–Kier alpha value is -4.99. The Kier molecular flexibility index (Phi) is 6.31. The standard InChI is InChI=1S/C24H19N5O5/c30-19(26-18-12-6-10-16-20(18)24(34)29-28-23(16)33)13-25-22(32)15-9-4-5-11-17(15)27-21(31)14-7-2-1-3-8-14/h1-12H,13H2,(H,25,32)(H,26,30)(H,27,31)(H,28,33)(H,29,34). The van der Waals surface area contributed by atoms with Crippen LogP contribution in [0.3, 0.4) is 0 Å². The Morgan fingerprint density at radius 1 is 0.676 bits per heavy atom. The largest absolute Gasteiger partial charge is 0.343 e. The van der Waals surface area contributed by atoms with Crippen molar-refractivity contribution in [3.8, 4) is 0 Å². The lowest BCUT2D eigenvalue weighted by molar-refractivity contribution is -0.115. The molecule has 0 radical (unpaired) electrons. The number of fused-ring (bicyclic) bond motifs is 1. The summed E-state index contributed by atoms with van der Waals surface area (Å²) in [6.07, 6.45) is 0. The number of rotatable bonds is 6. The molecule has 4 rings (SSSR count). The van der Waals surface area contributed by atoms with Gasteiger partial charge in [0.1, 0.15) is 0 Å². The van der Waals surface area contributed by atoms with Crippen LogP contribution in [-0.2, 0) is 4.79 Å². The summed E-state index contributed by atoms with van der Waals surface area (Å²) in [6.45, 7) is -0.405. The van der Waals surface area contributed by atoms with Gasteiger partial charge in [0.05, 0.1) is 34.3 Å². The fourth-order valence-corrected chi connectivity index (χ4v) is 3.36. The molecule has 3 amide bonds. The first kappa shape index (κ1) is 22.2. The molecule has 0 aliphatic heterocycles. The van der Waals surface area contributed by atoms with Crippen LogP contribution in [0.4, 0.5) is 11.4 Å². The van der Waals surface area contributed by atoms with Crippen molar-refractivity contribution in [2.75, 3.05) is 17.2 Å². The minimum atomic E-state index is -0.605. The van der Waals surface area contributed by atoms with Gasteiger partial charge in [-0.3, -0.25) is 34.2 Å². The molecule has 0 fully saturated rings. The van der Waals surface area contributed by atoms with E-state index in [2.05, 4.69) is 26.1 Å². The number of H-pyrrole nitrogens is 2. The second kappa shape index (κ2) is 9.65. The van der Waals surface area contributed by atoms with Gasteiger partial charge in [-0.2, -0.15) is 0 Å². The number of anilines is 2. The van der Waals surface area contributed by atoms with Crippen molar-refractivity contribution in [3.63, 3.8) is 0 Å². The zero-order valence-electron chi connectivity index (χ0n) is 17.7. The molecule has 0 atom stereocenters. The van der Waals surface area contributed by atoms with E-state index in [1.807, 2.05) is 0 Å². The first-order valence-corrected chi connectivity index (χ1v) is 10.2. The highest BCUT2D eigenvalue weighted by Gasteiger charge is 2.16. The molecule has 34 heavy (non-hydrogen) atoms. The van der Waals surface area contributed by atoms with E-state index in [9.17, 15) is 24.0 Å². The molecule has 0 saturated carbocycles. The van der Waals surface area contributed by atoms with Gasteiger partial charge in [0.15, 0.2) is 0 Å². The number of benzene rings is 3. The van der Waals surface area contributed by atoms with Gasteiger partial charge in [0.2, 0.25) is 5.91 Å². The van der Waals surface area contributed by atoms with Crippen molar-refractivity contribution in [2.45, 2.75) is 0 Å². The summed E-state index contributed by atoms with van der Waals surface area (Å²) < 4.78 is 0. The van der Waals surface area contributed by atoms with Crippen LogP contribution in [0.5, 0.6) is 0 Å². The fraction of sp³-hybridized carbons (Fsp3) is 0.0417. The Balaban J connectivity index is 1.45. The molecule has 0 saturated heterocycles. The van der Waals surface area contributed by atoms with E-state index >= 15 is 0 Å². The SMILES string of the molecule is O=C(CNC(=O)c1ccccc1NC(=O)c1ccccc1)Nc1cccc2c(=O)[nH][nH]c(=O)c12. The number of aromatic amines is 2. The molecule has 10 heteroatoms. The fourth-order valence-electron chi connectivity index (χ4n) is 3.36. The molecule has 0 aliphatic rings. The number of para-hydroxylation sites is 1. The van der Waals surface area contributed by atoms with Crippen molar-refractivity contribution in [1.29, 1.82) is 0 Å². The van der Waals surface area contributed by atoms with Crippen molar-refractivity contribution in [3.05, 3.63) is 105 Å². The molecule has 3 aromatic carbocycles. The van der Waals surface area contributed by atoms with Crippen molar-refractivity contribution in [2.24, 2.45) is 0 Å². The van der Waals surface area contributed by atoms with Crippen LogP contribution in [0.1, 0.15) is 20.7 Å². The Bertz CT molecular complexity index is 1510. The van der Waals surface area contributed by atoms with Gasteiger partial charge >= 0.3 is 0 Å². The summed E-state index contributed by atoms with van der Waals surface area (Å²) >= 11 is 0. The van der Waals surface area contributed by atoms with Gasteiger partial charge in [-0.1, -0.05) is 36.4 Å². The lowest BCUT2D eigenvalue weighted by Crippen LogP contribution is -2.33. The number of hydrogen-bond acceptors (Lipinski definition) is 5. The highest BCUT2D eigenvalue weighted by Crippen LogP contribution is 2.18. The minimum Gasteiger partial charge on any atom is -0.343 e. The van der Waals surface area contributed by atoms with Crippen LogP contribution in [0, 0.1) is 0 Å². The summed E-state index contributed by atoms with van der Waals surface area (Å²) in [5.74, 6) is -1.56. The zero-order valence-corrected chi connectivity index (χ0v) is 17.7. The van der Waals surface area contributed by atoms with Gasteiger partial charge in [-0.15, -0.1) is 0 Å². The predicted molar refractivity (Wildman–Crippen MR) is 127 cm³/mol. The average molecular weight is 457 g/mol. The van der Waals surface area contributed by atoms with Crippen LogP contribution in [0.2, 0.25) is 0 Å². The molecule has 10 nitrogen and oxygen atoms in total. The third kappa shape index (κ3) is 4.75. The van der Waals surface area contributed by atoms with Crippen molar-refractivity contribution in [1.82, 2.24) is 15.5 Å². The minimum absolute atomic E-state index is 0.0277. The number of carbonyl (C=O) groups is 3. The second-order valence-electron chi connectivity index (χ2n) is 7.23. The van der Waals surface area contributed by atoms with E-state index in [0.717, 1.165) is 0 Å². The summed E-state index contributed by atoms with van der Waals surface area (Å²) in [5, 5.41) is 12.3. The number of nitrogens with one attached hydrogen (secondary N) is 5. The van der Waals surface area contributed by atoms with E-state index in [-0.39, 0.29) is 33.6 Å². The number of carbonyl (C=O) groups excluding carboxylic acids is 3. The van der Waals surface area contributed by atoms with Gasteiger partial charge in [0, 0.05) is 5.56 Å². The molecular weight excluding hydrogens is 438 g/mol. The molecule has 1 aromatic heterocycles. The van der Waals surface area contributed by atoms with Gasteiger partial charge in [-0.25, -0.2) is 0 Å². The van der Waals surface area contributed by atoms with Gasteiger partial charge in [0.25, 0.3) is 22.9 Å². The van der Waals surface area contributed by atoms with E-state index in [0.29, 0.717) is 5.56 Å².